The molecule has 0 bridgehead atoms. The second kappa shape index (κ2) is 5.12. The lowest BCUT2D eigenvalue weighted by Gasteiger charge is -2.33. The molecule has 0 spiro atoms. The van der Waals surface area contributed by atoms with Crippen LogP contribution in [-0.2, 0) is 0 Å². The van der Waals surface area contributed by atoms with Crippen molar-refractivity contribution in [3.63, 3.8) is 0 Å². The zero-order valence-corrected chi connectivity index (χ0v) is 11.8. The van der Waals surface area contributed by atoms with Gasteiger partial charge in [-0.1, -0.05) is 18.2 Å². The predicted molar refractivity (Wildman–Crippen MR) is 83.3 cm³/mol. The zero-order valence-electron chi connectivity index (χ0n) is 11.8. The molecule has 1 fully saturated rings. The first-order chi connectivity index (χ1) is 9.65. The van der Waals surface area contributed by atoms with Crippen molar-refractivity contribution in [3.8, 4) is 0 Å². The molecule has 0 radical (unpaired) electrons. The number of aromatic nitrogens is 1. The van der Waals surface area contributed by atoms with Gasteiger partial charge in [-0.05, 0) is 37.5 Å². The lowest BCUT2D eigenvalue weighted by Crippen LogP contribution is -2.39. The monoisotopic (exact) mass is 268 g/mol. The van der Waals surface area contributed by atoms with Crippen LogP contribution >= 0.6 is 0 Å². The van der Waals surface area contributed by atoms with Crippen LogP contribution in [0, 0.1) is 18.3 Å². The highest BCUT2D eigenvalue weighted by atomic mass is 15.2. The number of aryl methyl sites for hydroxylation is 1. The van der Waals surface area contributed by atoms with Gasteiger partial charge >= 0.3 is 0 Å². The van der Waals surface area contributed by atoms with Crippen molar-refractivity contribution in [1.29, 1.82) is 5.41 Å². The number of fused-ring (bicyclic) bond motifs is 1. The van der Waals surface area contributed by atoms with Crippen LogP contribution in [0.4, 0.5) is 5.82 Å². The van der Waals surface area contributed by atoms with Crippen molar-refractivity contribution in [2.24, 2.45) is 11.7 Å². The number of hydrogen-bond acceptors (Lipinski definition) is 3. The molecule has 3 N–H and O–H groups in total. The van der Waals surface area contributed by atoms with Gasteiger partial charge in [-0.25, -0.2) is 4.98 Å². The lowest BCUT2D eigenvalue weighted by atomic mass is 9.95. The van der Waals surface area contributed by atoms with E-state index in [-0.39, 0.29) is 5.92 Å². The number of benzene rings is 1. The Morgan fingerprint density at radius 3 is 2.70 bits per heavy atom. The van der Waals surface area contributed by atoms with Gasteiger partial charge in [0.15, 0.2) is 0 Å². The van der Waals surface area contributed by atoms with Crippen LogP contribution in [0.25, 0.3) is 10.9 Å². The smallest absolute Gasteiger partial charge is 0.132 e. The highest BCUT2D eigenvalue weighted by Gasteiger charge is 2.23. The van der Waals surface area contributed by atoms with Crippen molar-refractivity contribution in [3.05, 3.63) is 35.9 Å². The molecule has 0 unspecified atom stereocenters. The average molecular weight is 268 g/mol. The zero-order chi connectivity index (χ0) is 14.1. The SMILES string of the molecule is Cc1cc2ccccc2nc1N1CCC(C(=N)N)CC1. The Balaban J connectivity index is 1.87. The van der Waals surface area contributed by atoms with E-state index in [2.05, 4.69) is 30.0 Å². The number of nitrogens with zero attached hydrogens (tertiary/aromatic N) is 2. The van der Waals surface area contributed by atoms with E-state index in [9.17, 15) is 0 Å². The standard InChI is InChI=1S/C16H20N4/c1-11-10-13-4-2-3-5-14(13)19-16(11)20-8-6-12(7-9-20)15(17)18/h2-5,10,12H,6-9H2,1H3,(H3,17,18). The molecule has 0 atom stereocenters. The third-order valence-electron chi connectivity index (χ3n) is 4.12. The van der Waals surface area contributed by atoms with Crippen molar-refractivity contribution in [2.75, 3.05) is 18.0 Å². The molecular formula is C16H20N4. The Bertz CT molecular complexity index is 642. The van der Waals surface area contributed by atoms with E-state index in [0.717, 1.165) is 37.3 Å². The molecule has 0 saturated carbocycles. The molecule has 4 nitrogen and oxygen atoms in total. The first-order valence-electron chi connectivity index (χ1n) is 7.10. The number of anilines is 1. The summed E-state index contributed by atoms with van der Waals surface area (Å²) in [5.74, 6) is 1.64. The molecule has 4 heteroatoms. The summed E-state index contributed by atoms with van der Waals surface area (Å²) in [6.45, 7) is 3.97. The number of rotatable bonds is 2. The summed E-state index contributed by atoms with van der Waals surface area (Å²) in [4.78, 5) is 7.13. The molecule has 2 aromatic rings. The third kappa shape index (κ3) is 2.33. The minimum absolute atomic E-state index is 0.243. The highest BCUT2D eigenvalue weighted by Crippen LogP contribution is 2.27. The van der Waals surface area contributed by atoms with Crippen LogP contribution in [0.3, 0.4) is 0 Å². The Hall–Kier alpha value is -2.10. The molecule has 20 heavy (non-hydrogen) atoms. The minimum Gasteiger partial charge on any atom is -0.387 e. The fourth-order valence-electron chi connectivity index (χ4n) is 2.93. The van der Waals surface area contributed by atoms with Gasteiger partial charge in [0.2, 0.25) is 0 Å². The second-order valence-corrected chi connectivity index (χ2v) is 5.54. The van der Waals surface area contributed by atoms with Gasteiger partial charge in [0.05, 0.1) is 11.4 Å². The fraction of sp³-hybridized carbons (Fsp3) is 0.375. The summed E-state index contributed by atoms with van der Waals surface area (Å²) in [7, 11) is 0. The van der Waals surface area contributed by atoms with E-state index in [1.54, 1.807) is 0 Å². The quantitative estimate of drug-likeness (QED) is 0.650. The third-order valence-corrected chi connectivity index (χ3v) is 4.12. The molecule has 1 aromatic heterocycles. The normalized spacial score (nSPS) is 16.6. The Morgan fingerprint density at radius 1 is 1.30 bits per heavy atom. The Kier molecular flexibility index (Phi) is 3.30. The number of nitrogens with one attached hydrogen (secondary N) is 1. The van der Waals surface area contributed by atoms with E-state index in [4.69, 9.17) is 16.1 Å². The van der Waals surface area contributed by atoms with E-state index >= 15 is 0 Å². The van der Waals surface area contributed by atoms with Gasteiger partial charge in [0, 0.05) is 24.4 Å². The summed E-state index contributed by atoms with van der Waals surface area (Å²) in [5.41, 5.74) is 7.86. The summed E-state index contributed by atoms with van der Waals surface area (Å²) in [5, 5.41) is 8.74. The summed E-state index contributed by atoms with van der Waals surface area (Å²) < 4.78 is 0. The maximum Gasteiger partial charge on any atom is 0.132 e. The molecule has 1 aromatic carbocycles. The van der Waals surface area contributed by atoms with Gasteiger partial charge in [-0.15, -0.1) is 0 Å². The largest absolute Gasteiger partial charge is 0.387 e. The Morgan fingerprint density at radius 2 is 2.00 bits per heavy atom. The molecule has 3 rings (SSSR count). The molecule has 2 heterocycles. The Labute approximate surface area is 119 Å². The first kappa shape index (κ1) is 12.9. The second-order valence-electron chi connectivity index (χ2n) is 5.54. The number of pyridine rings is 1. The van der Waals surface area contributed by atoms with E-state index in [0.29, 0.717) is 5.84 Å². The van der Waals surface area contributed by atoms with Crippen molar-refractivity contribution >= 4 is 22.6 Å². The molecule has 0 aliphatic carbocycles. The number of hydrogen-bond donors (Lipinski definition) is 2. The lowest BCUT2D eigenvalue weighted by molar-refractivity contribution is 0.495. The first-order valence-corrected chi connectivity index (χ1v) is 7.10. The summed E-state index contributed by atoms with van der Waals surface area (Å²) in [6, 6.07) is 10.4. The molecule has 0 amide bonds. The van der Waals surface area contributed by atoms with Crippen LogP contribution in [-0.4, -0.2) is 23.9 Å². The molecule has 1 saturated heterocycles. The van der Waals surface area contributed by atoms with Crippen molar-refractivity contribution in [2.45, 2.75) is 19.8 Å². The topological polar surface area (TPSA) is 66.0 Å². The van der Waals surface area contributed by atoms with Gasteiger partial charge in [0.25, 0.3) is 0 Å². The van der Waals surface area contributed by atoms with Crippen molar-refractivity contribution < 1.29 is 0 Å². The summed E-state index contributed by atoms with van der Waals surface area (Å²) in [6.07, 6.45) is 1.90. The van der Waals surface area contributed by atoms with Gasteiger partial charge in [0.1, 0.15) is 5.82 Å². The van der Waals surface area contributed by atoms with E-state index in [1.807, 2.05) is 12.1 Å². The van der Waals surface area contributed by atoms with Crippen LogP contribution in [0.15, 0.2) is 30.3 Å². The van der Waals surface area contributed by atoms with Crippen LogP contribution in [0.2, 0.25) is 0 Å². The van der Waals surface area contributed by atoms with Crippen LogP contribution < -0.4 is 10.6 Å². The minimum atomic E-state index is 0.243. The van der Waals surface area contributed by atoms with E-state index < -0.39 is 0 Å². The van der Waals surface area contributed by atoms with Crippen LogP contribution in [0.5, 0.6) is 0 Å². The molecule has 1 aliphatic heterocycles. The van der Waals surface area contributed by atoms with Gasteiger partial charge < -0.3 is 10.6 Å². The molecular weight excluding hydrogens is 248 g/mol. The number of para-hydroxylation sites is 1. The van der Waals surface area contributed by atoms with Gasteiger partial charge in [-0.2, -0.15) is 0 Å². The highest BCUT2D eigenvalue weighted by molar-refractivity contribution is 5.82. The fourth-order valence-corrected chi connectivity index (χ4v) is 2.93. The number of nitrogens with two attached hydrogens (primary N) is 1. The number of amidine groups is 1. The molecule has 104 valence electrons. The molecule has 1 aliphatic rings. The maximum absolute atomic E-state index is 7.55. The maximum atomic E-state index is 7.55. The van der Waals surface area contributed by atoms with Crippen LogP contribution in [0.1, 0.15) is 18.4 Å². The van der Waals surface area contributed by atoms with Gasteiger partial charge in [-0.3, -0.25) is 5.41 Å². The van der Waals surface area contributed by atoms with Crippen molar-refractivity contribution in [1.82, 2.24) is 4.98 Å². The summed E-state index contributed by atoms with van der Waals surface area (Å²) >= 11 is 0. The van der Waals surface area contributed by atoms with E-state index in [1.165, 1.54) is 10.9 Å². The predicted octanol–water partition coefficient (Wildman–Crippen LogP) is 2.70. The average Bonchev–Trinajstić information content (AvgIpc) is 2.46. The number of piperidine rings is 1.